The standard InChI is InChI=1S/C9H17NO2/c1-7(2)10(8(11)12-6)9(3,4)5/h1H2,2-6H3. The molecule has 0 aliphatic heterocycles. The number of rotatable bonds is 1. The molecule has 3 heteroatoms. The first-order valence-corrected chi connectivity index (χ1v) is 3.84. The first-order valence-electron chi connectivity index (χ1n) is 3.84. The fourth-order valence-electron chi connectivity index (χ4n) is 1.09. The summed E-state index contributed by atoms with van der Waals surface area (Å²) < 4.78 is 4.63. The van der Waals surface area contributed by atoms with Gasteiger partial charge in [-0.2, -0.15) is 0 Å². The molecule has 1 amide bonds. The molecule has 0 unspecified atom stereocenters. The quantitative estimate of drug-likeness (QED) is 0.606. The Balaban J connectivity index is 4.68. The van der Waals surface area contributed by atoms with Gasteiger partial charge in [-0.15, -0.1) is 0 Å². The summed E-state index contributed by atoms with van der Waals surface area (Å²) in [5, 5.41) is 0. The molecular weight excluding hydrogens is 154 g/mol. The van der Waals surface area contributed by atoms with E-state index >= 15 is 0 Å². The number of hydrogen-bond donors (Lipinski definition) is 0. The minimum absolute atomic E-state index is 0.279. The van der Waals surface area contributed by atoms with Crippen LogP contribution in [0.15, 0.2) is 12.3 Å². The Morgan fingerprint density at radius 3 is 1.92 bits per heavy atom. The smallest absolute Gasteiger partial charge is 0.414 e. The second-order valence-corrected chi connectivity index (χ2v) is 3.71. The van der Waals surface area contributed by atoms with Crippen LogP contribution in [0.5, 0.6) is 0 Å². The van der Waals surface area contributed by atoms with Gasteiger partial charge in [0.15, 0.2) is 0 Å². The summed E-state index contributed by atoms with van der Waals surface area (Å²) in [4.78, 5) is 12.8. The number of nitrogens with zero attached hydrogens (tertiary/aromatic N) is 1. The molecule has 0 N–H and O–H groups in total. The zero-order valence-corrected chi connectivity index (χ0v) is 8.47. The maximum absolute atomic E-state index is 11.2. The molecule has 12 heavy (non-hydrogen) atoms. The molecule has 0 saturated carbocycles. The predicted octanol–water partition coefficient (Wildman–Crippen LogP) is 2.39. The number of carbonyl (C=O) groups excluding carboxylic acids is 1. The zero-order valence-electron chi connectivity index (χ0n) is 8.47. The summed E-state index contributed by atoms with van der Waals surface area (Å²) >= 11 is 0. The summed E-state index contributed by atoms with van der Waals surface area (Å²) in [6.07, 6.45) is -0.366. The van der Waals surface area contributed by atoms with Crippen LogP contribution in [0.3, 0.4) is 0 Å². The first kappa shape index (κ1) is 11.0. The van der Waals surface area contributed by atoms with Crippen molar-refractivity contribution in [3.05, 3.63) is 12.3 Å². The molecule has 0 fully saturated rings. The van der Waals surface area contributed by atoms with Crippen LogP contribution in [0, 0.1) is 0 Å². The van der Waals surface area contributed by atoms with Gasteiger partial charge in [0.25, 0.3) is 0 Å². The second-order valence-electron chi connectivity index (χ2n) is 3.71. The third-order valence-corrected chi connectivity index (χ3v) is 1.41. The van der Waals surface area contributed by atoms with E-state index in [1.54, 1.807) is 6.92 Å². The highest BCUT2D eigenvalue weighted by molar-refractivity contribution is 5.70. The zero-order chi connectivity index (χ0) is 9.94. The van der Waals surface area contributed by atoms with Gasteiger partial charge in [0, 0.05) is 11.2 Å². The molecule has 0 rings (SSSR count). The minimum atomic E-state index is -0.366. The minimum Gasteiger partial charge on any atom is -0.452 e. The summed E-state index contributed by atoms with van der Waals surface area (Å²) in [5.74, 6) is 0. The van der Waals surface area contributed by atoms with Crippen LogP contribution < -0.4 is 0 Å². The van der Waals surface area contributed by atoms with Gasteiger partial charge in [0.05, 0.1) is 7.11 Å². The van der Waals surface area contributed by atoms with Crippen molar-refractivity contribution in [3.63, 3.8) is 0 Å². The molecule has 0 bridgehead atoms. The number of ether oxygens (including phenoxy) is 1. The van der Waals surface area contributed by atoms with E-state index in [1.807, 2.05) is 20.8 Å². The Hall–Kier alpha value is -0.990. The fraction of sp³-hybridized carbons (Fsp3) is 0.667. The van der Waals surface area contributed by atoms with Crippen LogP contribution in [0.4, 0.5) is 4.79 Å². The fourth-order valence-corrected chi connectivity index (χ4v) is 1.09. The van der Waals surface area contributed by atoms with Crippen LogP contribution in [0.1, 0.15) is 27.7 Å². The van der Waals surface area contributed by atoms with E-state index < -0.39 is 0 Å². The van der Waals surface area contributed by atoms with Gasteiger partial charge >= 0.3 is 6.09 Å². The van der Waals surface area contributed by atoms with Crippen molar-refractivity contribution in [1.82, 2.24) is 4.90 Å². The van der Waals surface area contributed by atoms with Crippen LogP contribution in [0.25, 0.3) is 0 Å². The molecule has 0 heterocycles. The van der Waals surface area contributed by atoms with E-state index in [2.05, 4.69) is 11.3 Å². The highest BCUT2D eigenvalue weighted by Crippen LogP contribution is 2.18. The molecule has 0 aromatic rings. The number of hydrogen-bond acceptors (Lipinski definition) is 2. The number of carbonyl (C=O) groups is 1. The SMILES string of the molecule is C=C(C)N(C(=O)OC)C(C)(C)C. The van der Waals surface area contributed by atoms with E-state index in [9.17, 15) is 4.79 Å². The predicted molar refractivity (Wildman–Crippen MR) is 48.8 cm³/mol. The summed E-state index contributed by atoms with van der Waals surface area (Å²) in [5.41, 5.74) is 0.410. The van der Waals surface area contributed by atoms with Crippen molar-refractivity contribution in [2.24, 2.45) is 0 Å². The normalized spacial score (nSPS) is 10.8. The lowest BCUT2D eigenvalue weighted by molar-refractivity contribution is 0.104. The summed E-state index contributed by atoms with van der Waals surface area (Å²) in [6.45, 7) is 11.3. The van der Waals surface area contributed by atoms with E-state index in [0.717, 1.165) is 0 Å². The topological polar surface area (TPSA) is 29.5 Å². The maximum atomic E-state index is 11.2. The monoisotopic (exact) mass is 171 g/mol. The van der Waals surface area contributed by atoms with Gasteiger partial charge in [-0.3, -0.25) is 4.90 Å². The molecule has 0 saturated heterocycles. The number of methoxy groups -OCH3 is 1. The largest absolute Gasteiger partial charge is 0.452 e. The van der Waals surface area contributed by atoms with Gasteiger partial charge < -0.3 is 4.74 Å². The van der Waals surface area contributed by atoms with Crippen molar-refractivity contribution in [2.75, 3.05) is 7.11 Å². The van der Waals surface area contributed by atoms with Gasteiger partial charge in [-0.1, -0.05) is 6.58 Å². The molecule has 0 spiro atoms. The molecule has 0 aromatic carbocycles. The lowest BCUT2D eigenvalue weighted by atomic mass is 10.1. The van der Waals surface area contributed by atoms with Gasteiger partial charge in [0.2, 0.25) is 0 Å². The van der Waals surface area contributed by atoms with Crippen molar-refractivity contribution < 1.29 is 9.53 Å². The van der Waals surface area contributed by atoms with Crippen molar-refractivity contribution in [1.29, 1.82) is 0 Å². The molecule has 0 radical (unpaired) electrons. The second kappa shape index (κ2) is 3.61. The molecule has 0 aliphatic rings. The van der Waals surface area contributed by atoms with Crippen molar-refractivity contribution in [3.8, 4) is 0 Å². The maximum Gasteiger partial charge on any atom is 0.414 e. The molecular formula is C9H17NO2. The third kappa shape index (κ3) is 2.57. The van der Waals surface area contributed by atoms with Crippen LogP contribution in [-0.2, 0) is 4.74 Å². The molecule has 0 atom stereocenters. The number of amides is 1. The summed E-state index contributed by atoms with van der Waals surface area (Å²) in [7, 11) is 1.37. The Labute approximate surface area is 74.0 Å². The Morgan fingerprint density at radius 1 is 1.42 bits per heavy atom. The molecule has 3 nitrogen and oxygen atoms in total. The van der Waals surface area contributed by atoms with Crippen molar-refractivity contribution in [2.45, 2.75) is 33.2 Å². The molecule has 70 valence electrons. The van der Waals surface area contributed by atoms with E-state index in [-0.39, 0.29) is 11.6 Å². The Kier molecular flexibility index (Phi) is 3.31. The Bertz CT molecular complexity index is 191. The van der Waals surface area contributed by atoms with Crippen molar-refractivity contribution >= 4 is 6.09 Å². The third-order valence-electron chi connectivity index (χ3n) is 1.41. The average molecular weight is 171 g/mol. The lowest BCUT2D eigenvalue weighted by Crippen LogP contribution is -2.43. The highest BCUT2D eigenvalue weighted by atomic mass is 16.5. The van der Waals surface area contributed by atoms with Crippen LogP contribution in [0.2, 0.25) is 0 Å². The van der Waals surface area contributed by atoms with Gasteiger partial charge in [-0.25, -0.2) is 4.79 Å². The van der Waals surface area contributed by atoms with Crippen LogP contribution in [-0.4, -0.2) is 23.6 Å². The van der Waals surface area contributed by atoms with E-state index in [1.165, 1.54) is 12.0 Å². The van der Waals surface area contributed by atoms with E-state index in [0.29, 0.717) is 5.70 Å². The lowest BCUT2D eigenvalue weighted by Gasteiger charge is -2.34. The molecule has 0 aromatic heterocycles. The van der Waals surface area contributed by atoms with Gasteiger partial charge in [0.1, 0.15) is 0 Å². The van der Waals surface area contributed by atoms with Crippen LogP contribution >= 0.6 is 0 Å². The van der Waals surface area contributed by atoms with Gasteiger partial charge in [-0.05, 0) is 27.7 Å². The molecule has 0 aliphatic carbocycles. The highest BCUT2D eigenvalue weighted by Gasteiger charge is 2.27. The first-order chi connectivity index (χ1) is 5.30. The summed E-state index contributed by atoms with van der Waals surface area (Å²) in [6, 6.07) is 0. The average Bonchev–Trinajstić information content (AvgIpc) is 1.83. The Morgan fingerprint density at radius 2 is 1.83 bits per heavy atom. The van der Waals surface area contributed by atoms with E-state index in [4.69, 9.17) is 0 Å². The number of allylic oxidation sites excluding steroid dienone is 1.